The van der Waals surface area contributed by atoms with E-state index in [2.05, 4.69) is 25.3 Å². The van der Waals surface area contributed by atoms with E-state index in [-0.39, 0.29) is 18.2 Å². The zero-order chi connectivity index (χ0) is 13.5. The fourth-order valence-electron chi connectivity index (χ4n) is 1.82. The van der Waals surface area contributed by atoms with E-state index in [1.54, 1.807) is 11.3 Å². The van der Waals surface area contributed by atoms with Gasteiger partial charge in [0.2, 0.25) is 0 Å². The summed E-state index contributed by atoms with van der Waals surface area (Å²) < 4.78 is 11.5. The van der Waals surface area contributed by atoms with Gasteiger partial charge in [-0.05, 0) is 44.2 Å². The van der Waals surface area contributed by atoms with Gasteiger partial charge in [-0.1, -0.05) is 6.92 Å². The highest BCUT2D eigenvalue weighted by Crippen LogP contribution is 2.30. The average molecular weight is 271 g/mol. The van der Waals surface area contributed by atoms with Crippen LogP contribution in [-0.2, 0) is 9.47 Å². The summed E-state index contributed by atoms with van der Waals surface area (Å²) >= 11 is 1.72. The highest BCUT2D eigenvalue weighted by Gasteiger charge is 2.24. The summed E-state index contributed by atoms with van der Waals surface area (Å²) in [6.45, 7) is 9.57. The van der Waals surface area contributed by atoms with E-state index < -0.39 is 0 Å². The molecule has 0 radical (unpaired) electrons. The van der Waals surface area contributed by atoms with Crippen LogP contribution >= 0.6 is 11.3 Å². The monoisotopic (exact) mass is 271 g/mol. The number of aryl methyl sites for hydroxylation is 1. The van der Waals surface area contributed by atoms with Crippen molar-refractivity contribution in [2.75, 3.05) is 13.2 Å². The highest BCUT2D eigenvalue weighted by molar-refractivity contribution is 7.10. The second-order valence-electron chi connectivity index (χ2n) is 4.57. The van der Waals surface area contributed by atoms with Crippen molar-refractivity contribution in [3.05, 3.63) is 21.9 Å². The summed E-state index contributed by atoms with van der Waals surface area (Å²) in [5, 5.41) is 2.09. The molecule has 0 aromatic carbocycles. The Morgan fingerprint density at radius 3 is 2.61 bits per heavy atom. The van der Waals surface area contributed by atoms with E-state index in [9.17, 15) is 0 Å². The maximum Gasteiger partial charge on any atom is 0.107 e. The van der Waals surface area contributed by atoms with Gasteiger partial charge < -0.3 is 15.2 Å². The third-order valence-electron chi connectivity index (χ3n) is 2.96. The fourth-order valence-corrected chi connectivity index (χ4v) is 2.86. The van der Waals surface area contributed by atoms with Crippen molar-refractivity contribution < 1.29 is 9.47 Å². The molecular formula is C14H25NO2S. The van der Waals surface area contributed by atoms with Crippen molar-refractivity contribution in [2.45, 2.75) is 52.4 Å². The number of ether oxygens (including phenoxy) is 2. The van der Waals surface area contributed by atoms with E-state index in [0.29, 0.717) is 6.61 Å². The third kappa shape index (κ3) is 4.35. The molecule has 1 aromatic rings. The van der Waals surface area contributed by atoms with Gasteiger partial charge in [0.1, 0.15) is 6.10 Å². The van der Waals surface area contributed by atoms with Gasteiger partial charge in [0, 0.05) is 17.5 Å². The van der Waals surface area contributed by atoms with Gasteiger partial charge >= 0.3 is 0 Å². The Balaban J connectivity index is 2.71. The Labute approximate surface area is 114 Å². The largest absolute Gasteiger partial charge is 0.379 e. The van der Waals surface area contributed by atoms with E-state index >= 15 is 0 Å². The standard InChI is InChI=1S/C14H25NO2S/c1-5-12(15)13(14-10(3)7-8-18-14)17-11(4)9-16-6-2/h7-8,11-13H,5-6,9,15H2,1-4H3. The first kappa shape index (κ1) is 15.6. The maximum absolute atomic E-state index is 6.20. The van der Waals surface area contributed by atoms with Crippen LogP contribution in [0.5, 0.6) is 0 Å². The molecule has 0 spiro atoms. The minimum absolute atomic E-state index is 0.0227. The molecule has 18 heavy (non-hydrogen) atoms. The summed E-state index contributed by atoms with van der Waals surface area (Å²) in [6, 6.07) is 2.15. The molecule has 0 amide bonds. The molecule has 0 aliphatic rings. The summed E-state index contributed by atoms with van der Waals surface area (Å²) in [4.78, 5) is 1.24. The molecule has 0 saturated heterocycles. The zero-order valence-corrected chi connectivity index (χ0v) is 12.6. The molecule has 3 unspecified atom stereocenters. The van der Waals surface area contributed by atoms with Gasteiger partial charge in [0.25, 0.3) is 0 Å². The van der Waals surface area contributed by atoms with Crippen molar-refractivity contribution in [3.63, 3.8) is 0 Å². The Morgan fingerprint density at radius 2 is 2.11 bits per heavy atom. The second kappa shape index (κ2) is 7.89. The Hall–Kier alpha value is -0.420. The van der Waals surface area contributed by atoms with Crippen LogP contribution in [0.1, 0.15) is 43.7 Å². The average Bonchev–Trinajstić information content (AvgIpc) is 2.78. The van der Waals surface area contributed by atoms with Crippen LogP contribution in [0.4, 0.5) is 0 Å². The molecule has 0 fully saturated rings. The summed E-state index contributed by atoms with van der Waals surface area (Å²) in [5.41, 5.74) is 7.46. The molecule has 3 nitrogen and oxygen atoms in total. The molecule has 1 aromatic heterocycles. The molecule has 0 aliphatic carbocycles. The van der Waals surface area contributed by atoms with Gasteiger partial charge in [0.15, 0.2) is 0 Å². The number of hydrogen-bond acceptors (Lipinski definition) is 4. The van der Waals surface area contributed by atoms with Gasteiger partial charge in [0.05, 0.1) is 12.7 Å². The molecule has 4 heteroatoms. The van der Waals surface area contributed by atoms with Gasteiger partial charge in [-0.25, -0.2) is 0 Å². The number of hydrogen-bond donors (Lipinski definition) is 1. The predicted molar refractivity (Wildman–Crippen MR) is 77.1 cm³/mol. The number of thiophene rings is 1. The highest BCUT2D eigenvalue weighted by atomic mass is 32.1. The molecule has 0 bridgehead atoms. The molecule has 1 heterocycles. The van der Waals surface area contributed by atoms with Crippen LogP contribution in [0.2, 0.25) is 0 Å². The van der Waals surface area contributed by atoms with Crippen molar-refractivity contribution >= 4 is 11.3 Å². The van der Waals surface area contributed by atoms with Gasteiger partial charge in [-0.15, -0.1) is 11.3 Å². The zero-order valence-electron chi connectivity index (χ0n) is 11.8. The minimum atomic E-state index is -0.0227. The Kier molecular flexibility index (Phi) is 6.86. The first-order valence-corrected chi connectivity index (χ1v) is 7.50. The van der Waals surface area contributed by atoms with Crippen LogP contribution in [0, 0.1) is 6.92 Å². The number of nitrogens with two attached hydrogens (primary N) is 1. The molecule has 2 N–H and O–H groups in total. The van der Waals surface area contributed by atoms with Crippen LogP contribution < -0.4 is 5.73 Å². The quantitative estimate of drug-likeness (QED) is 0.789. The SMILES string of the molecule is CCOCC(C)OC(c1sccc1C)C(N)CC. The van der Waals surface area contributed by atoms with E-state index in [0.717, 1.165) is 13.0 Å². The third-order valence-corrected chi connectivity index (χ3v) is 4.04. The fraction of sp³-hybridized carbons (Fsp3) is 0.714. The smallest absolute Gasteiger partial charge is 0.107 e. The van der Waals surface area contributed by atoms with Gasteiger partial charge in [-0.3, -0.25) is 0 Å². The lowest BCUT2D eigenvalue weighted by Gasteiger charge is -2.26. The van der Waals surface area contributed by atoms with E-state index in [1.807, 2.05) is 13.8 Å². The first-order valence-electron chi connectivity index (χ1n) is 6.62. The topological polar surface area (TPSA) is 44.5 Å². The summed E-state index contributed by atoms with van der Waals surface area (Å²) in [7, 11) is 0. The Bertz CT molecular complexity index is 340. The normalized spacial score (nSPS) is 16.5. The molecule has 1 rings (SSSR count). The van der Waals surface area contributed by atoms with Crippen LogP contribution in [-0.4, -0.2) is 25.4 Å². The van der Waals surface area contributed by atoms with Gasteiger partial charge in [-0.2, -0.15) is 0 Å². The second-order valence-corrected chi connectivity index (χ2v) is 5.51. The lowest BCUT2D eigenvalue weighted by molar-refractivity contribution is -0.0562. The van der Waals surface area contributed by atoms with E-state index in [4.69, 9.17) is 15.2 Å². The summed E-state index contributed by atoms with van der Waals surface area (Å²) in [6.07, 6.45) is 0.947. The number of rotatable bonds is 8. The van der Waals surface area contributed by atoms with Crippen molar-refractivity contribution in [2.24, 2.45) is 5.73 Å². The molecule has 0 aliphatic heterocycles. The van der Waals surface area contributed by atoms with Crippen molar-refractivity contribution in [1.29, 1.82) is 0 Å². The molecular weight excluding hydrogens is 246 g/mol. The van der Waals surface area contributed by atoms with Crippen LogP contribution in [0.25, 0.3) is 0 Å². The van der Waals surface area contributed by atoms with Crippen molar-refractivity contribution in [3.8, 4) is 0 Å². The van der Waals surface area contributed by atoms with Crippen LogP contribution in [0.15, 0.2) is 11.4 Å². The van der Waals surface area contributed by atoms with Crippen molar-refractivity contribution in [1.82, 2.24) is 0 Å². The first-order chi connectivity index (χ1) is 8.60. The summed E-state index contributed by atoms with van der Waals surface area (Å²) in [5.74, 6) is 0. The molecule has 104 valence electrons. The predicted octanol–water partition coefficient (Wildman–Crippen LogP) is 3.28. The maximum atomic E-state index is 6.20. The van der Waals surface area contributed by atoms with E-state index in [1.165, 1.54) is 10.4 Å². The van der Waals surface area contributed by atoms with Crippen LogP contribution in [0.3, 0.4) is 0 Å². The minimum Gasteiger partial charge on any atom is -0.379 e. The lowest BCUT2D eigenvalue weighted by atomic mass is 10.1. The Morgan fingerprint density at radius 1 is 1.39 bits per heavy atom. The molecule has 0 saturated carbocycles. The molecule has 3 atom stereocenters. The lowest BCUT2D eigenvalue weighted by Crippen LogP contribution is -2.33.